The standard InChI is InChI=1S/C29H35N3OS/c1-19-10-9-13-24(16-19)32-20(2)17-22(21(32)3)18-30-29-27(25-14-7-8-15-26(25)34-29)28(33)31-23-11-5-4-6-12-23/h9-10,13,16-18,23H,4-8,11-12,14-15H2,1-3H3,(H,31,33). The summed E-state index contributed by atoms with van der Waals surface area (Å²) >= 11 is 1.72. The zero-order chi connectivity index (χ0) is 23.7. The van der Waals surface area contributed by atoms with Crippen LogP contribution in [0.1, 0.15) is 88.3 Å². The molecule has 1 fully saturated rings. The Bertz CT molecular complexity index is 1230. The van der Waals surface area contributed by atoms with Gasteiger partial charge in [0.25, 0.3) is 5.91 Å². The summed E-state index contributed by atoms with van der Waals surface area (Å²) in [5, 5.41) is 4.23. The molecule has 0 saturated heterocycles. The Kier molecular flexibility index (Phi) is 6.73. The third-order valence-corrected chi connectivity index (χ3v) is 8.57. The van der Waals surface area contributed by atoms with Gasteiger partial charge in [-0.05, 0) is 88.6 Å². The second-order valence-electron chi connectivity index (χ2n) is 9.96. The fraction of sp³-hybridized carbons (Fsp3) is 0.448. The zero-order valence-electron chi connectivity index (χ0n) is 20.6. The first-order valence-corrected chi connectivity index (χ1v) is 13.6. The maximum atomic E-state index is 13.4. The molecule has 1 N–H and O–H groups in total. The van der Waals surface area contributed by atoms with E-state index in [1.165, 1.54) is 58.8 Å². The minimum Gasteiger partial charge on any atom is -0.349 e. The zero-order valence-corrected chi connectivity index (χ0v) is 21.4. The fourth-order valence-corrected chi connectivity index (χ4v) is 6.82. The smallest absolute Gasteiger partial charge is 0.254 e. The maximum Gasteiger partial charge on any atom is 0.254 e. The number of carbonyl (C=O) groups excluding carboxylic acids is 1. The monoisotopic (exact) mass is 473 g/mol. The Morgan fingerprint density at radius 3 is 2.65 bits per heavy atom. The van der Waals surface area contributed by atoms with Crippen LogP contribution in [0.2, 0.25) is 0 Å². The first kappa shape index (κ1) is 23.1. The Labute approximate surface area is 207 Å². The van der Waals surface area contributed by atoms with Crippen molar-refractivity contribution in [1.29, 1.82) is 0 Å². The first-order chi connectivity index (χ1) is 16.5. The van der Waals surface area contributed by atoms with Crippen LogP contribution in [0.3, 0.4) is 0 Å². The first-order valence-electron chi connectivity index (χ1n) is 12.8. The lowest BCUT2D eigenvalue weighted by molar-refractivity contribution is 0.0927. The van der Waals surface area contributed by atoms with Gasteiger partial charge < -0.3 is 9.88 Å². The van der Waals surface area contributed by atoms with Crippen LogP contribution in [-0.2, 0) is 12.8 Å². The van der Waals surface area contributed by atoms with E-state index in [4.69, 9.17) is 4.99 Å². The summed E-state index contributed by atoms with van der Waals surface area (Å²) in [5.74, 6) is 0.0867. The normalized spacial score (nSPS) is 16.7. The summed E-state index contributed by atoms with van der Waals surface area (Å²) in [7, 11) is 0. The van der Waals surface area contributed by atoms with Crippen molar-refractivity contribution in [2.24, 2.45) is 4.99 Å². The number of benzene rings is 1. The lowest BCUT2D eigenvalue weighted by Gasteiger charge is -2.23. The average Bonchev–Trinajstić information content (AvgIpc) is 3.34. The second-order valence-corrected chi connectivity index (χ2v) is 11.0. The maximum absolute atomic E-state index is 13.4. The minimum atomic E-state index is 0.0867. The highest BCUT2D eigenvalue weighted by Crippen LogP contribution is 2.40. The highest BCUT2D eigenvalue weighted by molar-refractivity contribution is 7.16. The fourth-order valence-electron chi connectivity index (χ4n) is 5.59. The predicted molar refractivity (Wildman–Crippen MR) is 143 cm³/mol. The molecule has 2 aromatic heterocycles. The summed E-state index contributed by atoms with van der Waals surface area (Å²) in [4.78, 5) is 19.7. The van der Waals surface area contributed by atoms with Crippen LogP contribution in [0.4, 0.5) is 5.00 Å². The molecule has 1 amide bonds. The van der Waals surface area contributed by atoms with E-state index < -0.39 is 0 Å². The number of nitrogens with one attached hydrogen (secondary N) is 1. The highest BCUT2D eigenvalue weighted by atomic mass is 32.1. The number of nitrogens with zero attached hydrogens (tertiary/aromatic N) is 2. The number of aliphatic imine (C=N–C) groups is 1. The third-order valence-electron chi connectivity index (χ3n) is 7.37. The van der Waals surface area contributed by atoms with Crippen molar-refractivity contribution >= 4 is 28.5 Å². The Hall–Kier alpha value is -2.66. The van der Waals surface area contributed by atoms with Crippen molar-refractivity contribution in [3.8, 4) is 5.69 Å². The van der Waals surface area contributed by atoms with Gasteiger partial charge >= 0.3 is 0 Å². The van der Waals surface area contributed by atoms with E-state index in [1.54, 1.807) is 11.3 Å². The minimum absolute atomic E-state index is 0.0867. The molecule has 0 bridgehead atoms. The average molecular weight is 474 g/mol. The lowest BCUT2D eigenvalue weighted by atomic mass is 9.93. The van der Waals surface area contributed by atoms with Gasteiger partial charge in [0.15, 0.2) is 0 Å². The van der Waals surface area contributed by atoms with Gasteiger partial charge in [0, 0.05) is 39.8 Å². The molecule has 0 aliphatic heterocycles. The number of fused-ring (bicyclic) bond motifs is 1. The van der Waals surface area contributed by atoms with Gasteiger partial charge in [-0.2, -0.15) is 0 Å². The van der Waals surface area contributed by atoms with Crippen molar-refractivity contribution < 1.29 is 4.79 Å². The van der Waals surface area contributed by atoms with Gasteiger partial charge in [-0.1, -0.05) is 31.4 Å². The summed E-state index contributed by atoms with van der Waals surface area (Å²) in [6.45, 7) is 6.41. The van der Waals surface area contributed by atoms with Crippen LogP contribution < -0.4 is 5.32 Å². The van der Waals surface area contributed by atoms with Crippen molar-refractivity contribution in [2.75, 3.05) is 0 Å². The van der Waals surface area contributed by atoms with Gasteiger partial charge in [0.1, 0.15) is 5.00 Å². The summed E-state index contributed by atoms with van der Waals surface area (Å²) in [6, 6.07) is 11.1. The molecule has 1 aromatic carbocycles. The molecule has 34 heavy (non-hydrogen) atoms. The Morgan fingerprint density at radius 2 is 1.85 bits per heavy atom. The number of thiophene rings is 1. The molecule has 5 rings (SSSR count). The predicted octanol–water partition coefficient (Wildman–Crippen LogP) is 7.16. The molecule has 1 saturated carbocycles. The summed E-state index contributed by atoms with van der Waals surface area (Å²) < 4.78 is 2.28. The van der Waals surface area contributed by atoms with Crippen LogP contribution in [0.15, 0.2) is 35.3 Å². The number of aromatic nitrogens is 1. The molecular formula is C29H35N3OS. The number of aryl methyl sites for hydroxylation is 3. The topological polar surface area (TPSA) is 46.4 Å². The van der Waals surface area contributed by atoms with Crippen LogP contribution in [0, 0.1) is 20.8 Å². The number of rotatable bonds is 5. The third kappa shape index (κ3) is 4.63. The molecule has 0 atom stereocenters. The van der Waals surface area contributed by atoms with Crippen molar-refractivity contribution in [1.82, 2.24) is 9.88 Å². The van der Waals surface area contributed by atoms with Crippen LogP contribution >= 0.6 is 11.3 Å². The second kappa shape index (κ2) is 9.91. The van der Waals surface area contributed by atoms with Crippen LogP contribution in [0.25, 0.3) is 5.69 Å². The molecule has 2 heterocycles. The molecular weight excluding hydrogens is 438 g/mol. The van der Waals surface area contributed by atoms with Crippen molar-refractivity contribution in [3.63, 3.8) is 0 Å². The quantitative estimate of drug-likeness (QED) is 0.393. The van der Waals surface area contributed by atoms with Gasteiger partial charge in [-0.15, -0.1) is 11.3 Å². The van der Waals surface area contributed by atoms with E-state index >= 15 is 0 Å². The van der Waals surface area contributed by atoms with Crippen LogP contribution in [-0.4, -0.2) is 22.7 Å². The largest absolute Gasteiger partial charge is 0.349 e. The van der Waals surface area contributed by atoms with Crippen LogP contribution in [0.5, 0.6) is 0 Å². The van der Waals surface area contributed by atoms with E-state index in [9.17, 15) is 4.79 Å². The molecule has 178 valence electrons. The molecule has 2 aliphatic rings. The number of amides is 1. The highest BCUT2D eigenvalue weighted by Gasteiger charge is 2.27. The Balaban J connectivity index is 1.46. The molecule has 5 heteroatoms. The van der Waals surface area contributed by atoms with Crippen molar-refractivity contribution in [2.45, 2.75) is 84.6 Å². The number of hydrogen-bond acceptors (Lipinski definition) is 3. The summed E-state index contributed by atoms with van der Waals surface area (Å²) in [6.07, 6.45) is 12.3. The van der Waals surface area contributed by atoms with E-state index in [0.29, 0.717) is 6.04 Å². The van der Waals surface area contributed by atoms with Gasteiger partial charge in [0.2, 0.25) is 0 Å². The van der Waals surface area contributed by atoms with Crippen molar-refractivity contribution in [3.05, 3.63) is 68.9 Å². The lowest BCUT2D eigenvalue weighted by Crippen LogP contribution is -2.36. The SMILES string of the molecule is Cc1cccc(-n2c(C)cc(C=Nc3sc4c(c3C(=O)NC3CCCCC3)CCCC4)c2C)c1. The van der Waals surface area contributed by atoms with Gasteiger partial charge in [-0.3, -0.25) is 4.79 Å². The van der Waals surface area contributed by atoms with E-state index in [0.717, 1.165) is 48.2 Å². The molecule has 2 aliphatic carbocycles. The van der Waals surface area contributed by atoms with Gasteiger partial charge in [0.05, 0.1) is 5.56 Å². The molecule has 3 aromatic rings. The molecule has 0 unspecified atom stereocenters. The number of carbonyl (C=O) groups is 1. The molecule has 4 nitrogen and oxygen atoms in total. The number of hydrogen-bond donors (Lipinski definition) is 1. The van der Waals surface area contributed by atoms with E-state index in [2.05, 4.69) is 61.0 Å². The van der Waals surface area contributed by atoms with E-state index in [1.807, 2.05) is 6.21 Å². The Morgan fingerprint density at radius 1 is 1.06 bits per heavy atom. The van der Waals surface area contributed by atoms with Gasteiger partial charge in [-0.25, -0.2) is 4.99 Å². The molecule has 0 radical (unpaired) electrons. The van der Waals surface area contributed by atoms with E-state index in [-0.39, 0.29) is 5.91 Å². The summed E-state index contributed by atoms with van der Waals surface area (Å²) in [5.41, 5.74) is 7.97. The molecule has 0 spiro atoms.